The van der Waals surface area contributed by atoms with E-state index in [1.807, 2.05) is 6.07 Å². The summed E-state index contributed by atoms with van der Waals surface area (Å²) in [7, 11) is 0. The monoisotopic (exact) mass is 250 g/mol. The van der Waals surface area contributed by atoms with Gasteiger partial charge in [-0.25, -0.2) is 4.39 Å². The van der Waals surface area contributed by atoms with Crippen molar-refractivity contribution in [3.8, 4) is 11.8 Å². The van der Waals surface area contributed by atoms with Crippen LogP contribution >= 0.6 is 0 Å². The number of guanidine groups is 1. The average molecular weight is 250 g/mol. The van der Waals surface area contributed by atoms with Crippen LogP contribution in [0.15, 0.2) is 18.2 Å². The minimum atomic E-state index is -0.749. The molecule has 1 aromatic carbocycles. The van der Waals surface area contributed by atoms with Gasteiger partial charge in [0.2, 0.25) is 0 Å². The molecule has 94 valence electrons. The molecule has 0 spiro atoms. The van der Waals surface area contributed by atoms with Crippen LogP contribution in [-0.4, -0.2) is 30.2 Å². The lowest BCUT2D eigenvalue weighted by atomic mass is 10.1. The van der Waals surface area contributed by atoms with E-state index in [1.165, 1.54) is 18.2 Å². The first kappa shape index (κ1) is 13.4. The van der Waals surface area contributed by atoms with Gasteiger partial charge in [0.1, 0.15) is 12.4 Å². The summed E-state index contributed by atoms with van der Waals surface area (Å²) in [6.45, 7) is -0.767. The van der Waals surface area contributed by atoms with E-state index in [1.54, 1.807) is 0 Å². The standard InChI is InChI=1S/C11H11FN4O2/c12-3-4-15-11(14)16-10(18)8-5-7(6-13)1-2-9(8)17/h1-2,5,17H,3-4H2,(H3,14,15,16,18). The number of amides is 1. The van der Waals surface area contributed by atoms with E-state index in [2.05, 4.69) is 10.6 Å². The van der Waals surface area contributed by atoms with Crippen molar-refractivity contribution in [1.82, 2.24) is 10.6 Å². The molecule has 0 saturated heterocycles. The van der Waals surface area contributed by atoms with Gasteiger partial charge in [-0.2, -0.15) is 5.26 Å². The van der Waals surface area contributed by atoms with E-state index in [0.29, 0.717) is 0 Å². The molecular weight excluding hydrogens is 239 g/mol. The molecule has 0 atom stereocenters. The maximum absolute atomic E-state index is 11.8. The van der Waals surface area contributed by atoms with E-state index in [9.17, 15) is 14.3 Å². The summed E-state index contributed by atoms with van der Waals surface area (Å²) in [6.07, 6.45) is 0. The van der Waals surface area contributed by atoms with Crippen molar-refractivity contribution < 1.29 is 14.3 Å². The largest absolute Gasteiger partial charge is 0.507 e. The Morgan fingerprint density at radius 1 is 1.56 bits per heavy atom. The van der Waals surface area contributed by atoms with Crippen molar-refractivity contribution in [3.63, 3.8) is 0 Å². The number of benzene rings is 1. The highest BCUT2D eigenvalue weighted by Crippen LogP contribution is 2.17. The molecule has 0 fully saturated rings. The Hall–Kier alpha value is -2.62. The van der Waals surface area contributed by atoms with Crippen LogP contribution in [0, 0.1) is 16.7 Å². The summed E-state index contributed by atoms with van der Waals surface area (Å²) in [6, 6.07) is 5.60. The number of aromatic hydroxyl groups is 1. The van der Waals surface area contributed by atoms with Gasteiger partial charge >= 0.3 is 0 Å². The Morgan fingerprint density at radius 3 is 2.89 bits per heavy atom. The highest BCUT2D eigenvalue weighted by Gasteiger charge is 2.13. The number of rotatable bonds is 3. The van der Waals surface area contributed by atoms with Gasteiger partial charge in [0.15, 0.2) is 5.96 Å². The van der Waals surface area contributed by atoms with E-state index in [4.69, 9.17) is 10.7 Å². The first-order valence-electron chi connectivity index (χ1n) is 5.01. The number of phenols is 1. The molecule has 0 aliphatic rings. The Kier molecular flexibility index (Phi) is 4.63. The second kappa shape index (κ2) is 6.20. The first-order valence-corrected chi connectivity index (χ1v) is 5.01. The van der Waals surface area contributed by atoms with Crippen molar-refractivity contribution in [1.29, 1.82) is 10.7 Å². The number of carbonyl (C=O) groups is 1. The van der Waals surface area contributed by atoms with Gasteiger partial charge in [0.05, 0.1) is 17.2 Å². The number of halogens is 1. The van der Waals surface area contributed by atoms with Gasteiger partial charge in [-0.05, 0) is 18.2 Å². The number of phenolic OH excluding ortho intramolecular Hbond substituents is 1. The molecule has 1 amide bonds. The van der Waals surface area contributed by atoms with Crippen molar-refractivity contribution in [2.24, 2.45) is 0 Å². The molecule has 7 heteroatoms. The van der Waals surface area contributed by atoms with Gasteiger partial charge < -0.3 is 10.4 Å². The van der Waals surface area contributed by atoms with Crippen LogP contribution in [0.3, 0.4) is 0 Å². The third-order valence-electron chi connectivity index (χ3n) is 2.01. The van der Waals surface area contributed by atoms with Gasteiger partial charge in [0, 0.05) is 6.54 Å². The predicted molar refractivity (Wildman–Crippen MR) is 62.0 cm³/mol. The van der Waals surface area contributed by atoms with Crippen LogP contribution in [0.2, 0.25) is 0 Å². The van der Waals surface area contributed by atoms with Crippen LogP contribution in [0.25, 0.3) is 0 Å². The normalized spacial score (nSPS) is 9.33. The summed E-state index contributed by atoms with van der Waals surface area (Å²) in [5.41, 5.74) is 0.0852. The molecule has 0 aromatic heterocycles. The molecule has 1 rings (SSSR count). The molecule has 0 bridgehead atoms. The van der Waals surface area contributed by atoms with Crippen LogP contribution in [0.5, 0.6) is 5.75 Å². The fourth-order valence-electron chi connectivity index (χ4n) is 1.18. The fourth-order valence-corrected chi connectivity index (χ4v) is 1.18. The summed E-state index contributed by atoms with van der Waals surface area (Å²) in [4.78, 5) is 11.7. The zero-order valence-electron chi connectivity index (χ0n) is 9.33. The number of nitrogens with one attached hydrogen (secondary N) is 3. The van der Waals surface area contributed by atoms with Crippen molar-refractivity contribution in [2.45, 2.75) is 0 Å². The molecular formula is C11H11FN4O2. The Balaban J connectivity index is 2.78. The lowest BCUT2D eigenvalue weighted by Gasteiger charge is -2.09. The molecule has 4 N–H and O–H groups in total. The van der Waals surface area contributed by atoms with Crippen LogP contribution in [-0.2, 0) is 0 Å². The molecule has 0 unspecified atom stereocenters. The van der Waals surface area contributed by atoms with Crippen LogP contribution < -0.4 is 10.6 Å². The van der Waals surface area contributed by atoms with Gasteiger partial charge in [-0.15, -0.1) is 0 Å². The number of carbonyl (C=O) groups excluding carboxylic acids is 1. The third kappa shape index (κ3) is 3.45. The highest BCUT2D eigenvalue weighted by atomic mass is 19.1. The first-order chi connectivity index (χ1) is 8.58. The molecule has 0 saturated carbocycles. The van der Waals surface area contributed by atoms with E-state index < -0.39 is 12.6 Å². The molecule has 18 heavy (non-hydrogen) atoms. The number of nitriles is 1. The molecule has 0 heterocycles. The van der Waals surface area contributed by atoms with Gasteiger partial charge in [-0.1, -0.05) is 0 Å². The smallest absolute Gasteiger partial charge is 0.261 e. The topological polar surface area (TPSA) is 109 Å². The molecule has 1 aromatic rings. The lowest BCUT2D eigenvalue weighted by molar-refractivity contribution is 0.0973. The van der Waals surface area contributed by atoms with Crippen molar-refractivity contribution in [3.05, 3.63) is 29.3 Å². The number of hydrogen-bond donors (Lipinski definition) is 4. The maximum Gasteiger partial charge on any atom is 0.261 e. The summed E-state index contributed by atoms with van der Waals surface area (Å²) in [5.74, 6) is -1.43. The maximum atomic E-state index is 11.8. The van der Waals surface area contributed by atoms with Crippen LogP contribution in [0.4, 0.5) is 4.39 Å². The van der Waals surface area contributed by atoms with Gasteiger partial charge in [0.25, 0.3) is 5.91 Å². The second-order valence-electron chi connectivity index (χ2n) is 3.29. The quantitative estimate of drug-likeness (QED) is 0.462. The van der Waals surface area contributed by atoms with Crippen molar-refractivity contribution >= 4 is 11.9 Å². The highest BCUT2D eigenvalue weighted by molar-refractivity contribution is 6.06. The Morgan fingerprint density at radius 2 is 2.28 bits per heavy atom. The summed E-state index contributed by atoms with van der Waals surface area (Å²) < 4.78 is 11.8. The predicted octanol–water partition coefficient (Wildman–Crippen LogP) is 0.488. The minimum Gasteiger partial charge on any atom is -0.507 e. The van der Waals surface area contributed by atoms with E-state index in [0.717, 1.165) is 0 Å². The lowest BCUT2D eigenvalue weighted by Crippen LogP contribution is -2.40. The summed E-state index contributed by atoms with van der Waals surface area (Å²) >= 11 is 0. The molecule has 0 radical (unpaired) electrons. The average Bonchev–Trinajstić information content (AvgIpc) is 2.36. The SMILES string of the molecule is N#Cc1ccc(O)c(C(=O)NC(=N)NCCF)c1. The van der Waals surface area contributed by atoms with E-state index in [-0.39, 0.29) is 29.4 Å². The number of alkyl halides is 1. The van der Waals surface area contributed by atoms with Gasteiger partial charge in [-0.3, -0.25) is 15.5 Å². The second-order valence-corrected chi connectivity index (χ2v) is 3.29. The van der Waals surface area contributed by atoms with E-state index >= 15 is 0 Å². The molecule has 0 aliphatic carbocycles. The Labute approximate surface area is 103 Å². The van der Waals surface area contributed by atoms with Crippen LogP contribution in [0.1, 0.15) is 15.9 Å². The fraction of sp³-hybridized carbons (Fsp3) is 0.182. The number of hydrogen-bond acceptors (Lipinski definition) is 4. The molecule has 0 aliphatic heterocycles. The zero-order chi connectivity index (χ0) is 13.5. The molecule has 6 nitrogen and oxygen atoms in total. The minimum absolute atomic E-state index is 0.0939. The van der Waals surface area contributed by atoms with Crippen molar-refractivity contribution in [2.75, 3.05) is 13.2 Å². The Bertz CT molecular complexity index is 510. The zero-order valence-corrected chi connectivity index (χ0v) is 9.33. The summed E-state index contributed by atoms with van der Waals surface area (Å²) in [5, 5.41) is 29.9. The number of nitrogens with zero attached hydrogens (tertiary/aromatic N) is 1. The third-order valence-corrected chi connectivity index (χ3v) is 2.01.